The lowest BCUT2D eigenvalue weighted by Gasteiger charge is -2.21. The maximum atomic E-state index is 13.8. The van der Waals surface area contributed by atoms with Crippen molar-refractivity contribution < 1.29 is 9.53 Å². The Bertz CT molecular complexity index is 1280. The standard InChI is InChI=1S/C26H25N3O2S/c1-17-10-13-22(31-2)23-24(17)32-26(28-23)29(16-21-9-5-6-14-27-21)25(30)20-12-11-18-7-3-4-8-19(18)15-20/h5-6,9-15H,3-4,7-8,16H2,1-2H3. The normalized spacial score (nSPS) is 13.1. The molecule has 1 aliphatic carbocycles. The number of ether oxygens (including phenoxy) is 1. The number of fused-ring (bicyclic) bond motifs is 2. The Morgan fingerprint density at radius 3 is 2.72 bits per heavy atom. The van der Waals surface area contributed by atoms with Crippen molar-refractivity contribution in [2.24, 2.45) is 0 Å². The Morgan fingerprint density at radius 2 is 1.94 bits per heavy atom. The Labute approximate surface area is 191 Å². The van der Waals surface area contributed by atoms with Crippen LogP contribution in [0.1, 0.15) is 45.6 Å². The van der Waals surface area contributed by atoms with Gasteiger partial charge in [0, 0.05) is 11.8 Å². The zero-order valence-corrected chi connectivity index (χ0v) is 19.1. The Morgan fingerprint density at radius 1 is 1.09 bits per heavy atom. The fraction of sp³-hybridized carbons (Fsp3) is 0.269. The summed E-state index contributed by atoms with van der Waals surface area (Å²) in [7, 11) is 1.65. The van der Waals surface area contributed by atoms with Crippen LogP contribution < -0.4 is 9.64 Å². The third-order valence-corrected chi connectivity index (χ3v) is 7.24. The van der Waals surface area contributed by atoms with Crippen molar-refractivity contribution >= 4 is 32.6 Å². The Kier molecular flexibility index (Phi) is 5.62. The topological polar surface area (TPSA) is 55.3 Å². The van der Waals surface area contributed by atoms with Crippen LogP contribution in [0.4, 0.5) is 5.13 Å². The van der Waals surface area contributed by atoms with Crippen molar-refractivity contribution in [2.45, 2.75) is 39.2 Å². The van der Waals surface area contributed by atoms with Crippen molar-refractivity contribution in [3.63, 3.8) is 0 Å². The highest BCUT2D eigenvalue weighted by atomic mass is 32.1. The summed E-state index contributed by atoms with van der Waals surface area (Å²) in [6.45, 7) is 2.41. The number of thiazole rings is 1. The van der Waals surface area contributed by atoms with Gasteiger partial charge in [-0.2, -0.15) is 0 Å². The molecule has 0 saturated carbocycles. The minimum Gasteiger partial charge on any atom is -0.494 e. The van der Waals surface area contributed by atoms with Gasteiger partial charge in [-0.1, -0.05) is 29.5 Å². The molecule has 4 aromatic rings. The molecule has 162 valence electrons. The highest BCUT2D eigenvalue weighted by Crippen LogP contribution is 2.37. The summed E-state index contributed by atoms with van der Waals surface area (Å²) in [6.07, 6.45) is 6.28. The number of hydrogen-bond donors (Lipinski definition) is 0. The van der Waals surface area contributed by atoms with Crippen molar-refractivity contribution in [3.8, 4) is 5.75 Å². The van der Waals surface area contributed by atoms with Gasteiger partial charge in [-0.15, -0.1) is 0 Å². The molecule has 32 heavy (non-hydrogen) atoms. The minimum absolute atomic E-state index is 0.0558. The van der Waals surface area contributed by atoms with Crippen LogP contribution >= 0.6 is 11.3 Å². The fourth-order valence-electron chi connectivity index (χ4n) is 4.28. The highest BCUT2D eigenvalue weighted by molar-refractivity contribution is 7.22. The Hall–Kier alpha value is -3.25. The third-order valence-electron chi connectivity index (χ3n) is 6.03. The predicted octanol–water partition coefficient (Wildman–Crippen LogP) is 5.73. The average Bonchev–Trinajstić information content (AvgIpc) is 3.29. The fourth-order valence-corrected chi connectivity index (χ4v) is 5.33. The molecule has 0 fully saturated rings. The third kappa shape index (κ3) is 3.86. The van der Waals surface area contributed by atoms with Crippen LogP contribution in [0.2, 0.25) is 0 Å². The molecule has 0 atom stereocenters. The number of aryl methyl sites for hydroxylation is 3. The summed E-state index contributed by atoms with van der Waals surface area (Å²) in [6, 6.07) is 15.9. The predicted molar refractivity (Wildman–Crippen MR) is 129 cm³/mol. The van der Waals surface area contributed by atoms with E-state index in [-0.39, 0.29) is 5.91 Å². The lowest BCUT2D eigenvalue weighted by atomic mass is 9.90. The molecule has 0 N–H and O–H groups in total. The van der Waals surface area contributed by atoms with Gasteiger partial charge in [-0.3, -0.25) is 14.7 Å². The van der Waals surface area contributed by atoms with Crippen LogP contribution in [0.25, 0.3) is 10.2 Å². The van der Waals surface area contributed by atoms with Crippen molar-refractivity contribution in [3.05, 3.63) is 82.7 Å². The molecule has 0 radical (unpaired) electrons. The minimum atomic E-state index is -0.0558. The molecule has 1 aliphatic rings. The number of benzene rings is 2. The highest BCUT2D eigenvalue weighted by Gasteiger charge is 2.24. The smallest absolute Gasteiger partial charge is 0.260 e. The molecule has 1 amide bonds. The van der Waals surface area contributed by atoms with Crippen LogP contribution in [0.5, 0.6) is 5.75 Å². The number of pyridine rings is 1. The first-order chi connectivity index (χ1) is 15.6. The quantitative estimate of drug-likeness (QED) is 0.395. The number of carbonyl (C=O) groups is 1. The maximum absolute atomic E-state index is 13.8. The van der Waals surface area contributed by atoms with E-state index in [4.69, 9.17) is 9.72 Å². The zero-order chi connectivity index (χ0) is 22.1. The number of aromatic nitrogens is 2. The molecule has 0 aliphatic heterocycles. The SMILES string of the molecule is COc1ccc(C)c2sc(N(Cc3ccccn3)C(=O)c3ccc4c(c3)CCCC4)nc12. The van der Waals surface area contributed by atoms with E-state index in [9.17, 15) is 4.79 Å². The van der Waals surface area contributed by atoms with E-state index in [1.807, 2.05) is 36.4 Å². The average molecular weight is 444 g/mol. The molecule has 0 saturated heterocycles. The molecule has 0 unspecified atom stereocenters. The summed E-state index contributed by atoms with van der Waals surface area (Å²) in [5.74, 6) is 0.659. The van der Waals surface area contributed by atoms with Crippen LogP contribution in [0, 0.1) is 6.92 Å². The summed E-state index contributed by atoms with van der Waals surface area (Å²) in [5.41, 5.74) is 6.08. The number of amides is 1. The van der Waals surface area contributed by atoms with Gasteiger partial charge in [-0.25, -0.2) is 4.98 Å². The van der Waals surface area contributed by atoms with Gasteiger partial charge in [0.1, 0.15) is 11.3 Å². The molecular weight excluding hydrogens is 418 g/mol. The van der Waals surface area contributed by atoms with E-state index in [1.165, 1.54) is 35.3 Å². The van der Waals surface area contributed by atoms with E-state index in [0.717, 1.165) is 34.3 Å². The van der Waals surface area contributed by atoms with E-state index >= 15 is 0 Å². The van der Waals surface area contributed by atoms with E-state index in [2.05, 4.69) is 24.0 Å². The van der Waals surface area contributed by atoms with Crippen molar-refractivity contribution in [1.29, 1.82) is 0 Å². The maximum Gasteiger partial charge on any atom is 0.260 e. The molecule has 2 aromatic carbocycles. The van der Waals surface area contributed by atoms with Gasteiger partial charge in [0.15, 0.2) is 5.13 Å². The van der Waals surface area contributed by atoms with Crippen LogP contribution in [0.15, 0.2) is 54.7 Å². The van der Waals surface area contributed by atoms with Gasteiger partial charge in [0.05, 0.1) is 24.0 Å². The van der Waals surface area contributed by atoms with E-state index < -0.39 is 0 Å². The van der Waals surface area contributed by atoms with Gasteiger partial charge in [0.2, 0.25) is 0 Å². The summed E-state index contributed by atoms with van der Waals surface area (Å²) < 4.78 is 6.56. The number of hydrogen-bond acceptors (Lipinski definition) is 5. The molecule has 0 bridgehead atoms. The summed E-state index contributed by atoms with van der Waals surface area (Å²) in [5, 5.41) is 0.654. The van der Waals surface area contributed by atoms with Crippen molar-refractivity contribution in [2.75, 3.05) is 12.0 Å². The number of nitrogens with zero attached hydrogens (tertiary/aromatic N) is 3. The monoisotopic (exact) mass is 443 g/mol. The molecule has 0 spiro atoms. The van der Waals surface area contributed by atoms with Crippen LogP contribution in [0.3, 0.4) is 0 Å². The van der Waals surface area contributed by atoms with E-state index in [0.29, 0.717) is 23.0 Å². The van der Waals surface area contributed by atoms with Gasteiger partial charge < -0.3 is 4.74 Å². The number of anilines is 1. The number of rotatable bonds is 5. The second-order valence-electron chi connectivity index (χ2n) is 8.16. The van der Waals surface area contributed by atoms with Crippen LogP contribution in [-0.2, 0) is 19.4 Å². The van der Waals surface area contributed by atoms with Crippen molar-refractivity contribution in [1.82, 2.24) is 9.97 Å². The molecule has 6 heteroatoms. The molecule has 5 rings (SSSR count). The van der Waals surface area contributed by atoms with Gasteiger partial charge in [-0.05, 0) is 79.6 Å². The molecular formula is C26H25N3O2S. The largest absolute Gasteiger partial charge is 0.494 e. The lowest BCUT2D eigenvalue weighted by molar-refractivity contribution is 0.0984. The molecule has 2 heterocycles. The Balaban J connectivity index is 1.59. The first kappa shape index (κ1) is 20.6. The van der Waals surface area contributed by atoms with Crippen LogP contribution in [-0.4, -0.2) is 23.0 Å². The number of carbonyl (C=O) groups excluding carboxylic acids is 1. The van der Waals surface area contributed by atoms with Gasteiger partial charge >= 0.3 is 0 Å². The second-order valence-corrected chi connectivity index (χ2v) is 9.14. The second kappa shape index (κ2) is 8.71. The molecule has 5 nitrogen and oxygen atoms in total. The first-order valence-electron chi connectivity index (χ1n) is 10.9. The van der Waals surface area contributed by atoms with E-state index in [1.54, 1.807) is 18.2 Å². The summed E-state index contributed by atoms with van der Waals surface area (Å²) in [4.78, 5) is 24.8. The zero-order valence-electron chi connectivity index (χ0n) is 18.3. The lowest BCUT2D eigenvalue weighted by Crippen LogP contribution is -2.31. The first-order valence-corrected chi connectivity index (χ1v) is 11.7. The number of methoxy groups -OCH3 is 1. The van der Waals surface area contributed by atoms with Gasteiger partial charge in [0.25, 0.3) is 5.91 Å². The molecule has 2 aromatic heterocycles. The summed E-state index contributed by atoms with van der Waals surface area (Å²) >= 11 is 1.52.